The lowest BCUT2D eigenvalue weighted by atomic mass is 10.1. The van der Waals surface area contributed by atoms with Gasteiger partial charge in [0.25, 0.3) is 5.91 Å². The van der Waals surface area contributed by atoms with Crippen LogP contribution >= 0.6 is 0 Å². The second-order valence-electron chi connectivity index (χ2n) is 7.41. The van der Waals surface area contributed by atoms with Crippen LogP contribution in [0.5, 0.6) is 0 Å². The van der Waals surface area contributed by atoms with Gasteiger partial charge in [-0.25, -0.2) is 0 Å². The summed E-state index contributed by atoms with van der Waals surface area (Å²) in [4.78, 5) is 26.8. The Morgan fingerprint density at radius 3 is 2.20 bits per heavy atom. The molecule has 3 N–H and O–H groups in total. The van der Waals surface area contributed by atoms with Crippen LogP contribution in [0.3, 0.4) is 0 Å². The van der Waals surface area contributed by atoms with Gasteiger partial charge >= 0.3 is 0 Å². The minimum atomic E-state index is -0.137. The van der Waals surface area contributed by atoms with Gasteiger partial charge in [0.2, 0.25) is 5.91 Å². The molecule has 2 amide bonds. The maximum Gasteiger partial charge on any atom is 0.251 e. The molecule has 0 atom stereocenters. The normalized spacial score (nSPS) is 10.7. The Hall–Kier alpha value is -2.86. The lowest BCUT2D eigenvalue weighted by Gasteiger charge is -2.17. The minimum absolute atomic E-state index is 0.0937. The number of carbonyl (C=O) groups excluding carboxylic acids is 2. The number of hydrogen-bond donors (Lipinski definition) is 3. The van der Waals surface area contributed by atoms with E-state index in [1.165, 1.54) is 11.1 Å². The SMILES string of the molecule is CCN(CC)CCCNC(=O)c1ccc(NC(=O)CNc2ccc(C)c(C)c2)cc1. The smallest absolute Gasteiger partial charge is 0.251 e. The van der Waals surface area contributed by atoms with Crippen LogP contribution in [0.15, 0.2) is 42.5 Å². The first kappa shape index (κ1) is 23.4. The fourth-order valence-electron chi connectivity index (χ4n) is 3.09. The number of aryl methyl sites for hydroxylation is 2. The number of carbonyl (C=O) groups is 2. The van der Waals surface area contributed by atoms with Gasteiger partial charge in [-0.15, -0.1) is 0 Å². The summed E-state index contributed by atoms with van der Waals surface area (Å²) in [6.45, 7) is 12.2. The van der Waals surface area contributed by atoms with Gasteiger partial charge in [-0.1, -0.05) is 19.9 Å². The van der Waals surface area contributed by atoms with Crippen molar-refractivity contribution in [2.75, 3.05) is 43.4 Å². The standard InChI is InChI=1S/C24H34N4O2/c1-5-28(6-2)15-7-14-25-24(30)20-9-12-21(13-10-20)27-23(29)17-26-22-11-8-18(3)19(4)16-22/h8-13,16,26H,5-7,14-15,17H2,1-4H3,(H,25,30)(H,27,29). The summed E-state index contributed by atoms with van der Waals surface area (Å²) in [5.41, 5.74) is 4.57. The van der Waals surface area contributed by atoms with Crippen LogP contribution in [0.2, 0.25) is 0 Å². The molecule has 30 heavy (non-hydrogen) atoms. The first-order valence-corrected chi connectivity index (χ1v) is 10.6. The molecule has 6 heteroatoms. The molecule has 6 nitrogen and oxygen atoms in total. The summed E-state index contributed by atoms with van der Waals surface area (Å²) in [6.07, 6.45) is 0.926. The van der Waals surface area contributed by atoms with E-state index in [2.05, 4.69) is 41.6 Å². The van der Waals surface area contributed by atoms with Crippen molar-refractivity contribution in [3.63, 3.8) is 0 Å². The molecule has 0 aliphatic heterocycles. The van der Waals surface area contributed by atoms with Crippen molar-refractivity contribution >= 4 is 23.2 Å². The van der Waals surface area contributed by atoms with Crippen molar-refractivity contribution in [2.45, 2.75) is 34.1 Å². The zero-order valence-corrected chi connectivity index (χ0v) is 18.5. The van der Waals surface area contributed by atoms with Gasteiger partial charge in [-0.3, -0.25) is 9.59 Å². The van der Waals surface area contributed by atoms with Gasteiger partial charge in [-0.05, 0) is 87.4 Å². The maximum atomic E-state index is 12.3. The van der Waals surface area contributed by atoms with E-state index < -0.39 is 0 Å². The van der Waals surface area contributed by atoms with Gasteiger partial charge in [0.1, 0.15) is 0 Å². The second-order valence-corrected chi connectivity index (χ2v) is 7.41. The Morgan fingerprint density at radius 1 is 0.900 bits per heavy atom. The summed E-state index contributed by atoms with van der Waals surface area (Å²) < 4.78 is 0. The van der Waals surface area contributed by atoms with Gasteiger partial charge in [0.05, 0.1) is 6.54 Å². The molecule has 0 aromatic heterocycles. The molecule has 0 aliphatic rings. The molecule has 2 rings (SSSR count). The quantitative estimate of drug-likeness (QED) is 0.493. The molecule has 0 bridgehead atoms. The first-order chi connectivity index (χ1) is 14.4. The molecular weight excluding hydrogens is 376 g/mol. The molecule has 0 heterocycles. The Balaban J connectivity index is 1.75. The fourth-order valence-corrected chi connectivity index (χ4v) is 3.09. The first-order valence-electron chi connectivity index (χ1n) is 10.6. The molecule has 0 saturated carbocycles. The Labute approximate surface area is 180 Å². The van der Waals surface area contributed by atoms with E-state index in [0.717, 1.165) is 31.7 Å². The predicted molar refractivity (Wildman–Crippen MR) is 124 cm³/mol. The summed E-state index contributed by atoms with van der Waals surface area (Å²) in [5.74, 6) is -0.231. The third-order valence-corrected chi connectivity index (χ3v) is 5.22. The highest BCUT2D eigenvalue weighted by molar-refractivity contribution is 5.96. The number of nitrogens with one attached hydrogen (secondary N) is 3. The van der Waals surface area contributed by atoms with Gasteiger partial charge in [0.15, 0.2) is 0 Å². The maximum absolute atomic E-state index is 12.3. The highest BCUT2D eigenvalue weighted by Crippen LogP contribution is 2.14. The van der Waals surface area contributed by atoms with Crippen molar-refractivity contribution in [1.82, 2.24) is 10.2 Å². The Kier molecular flexibility index (Phi) is 9.35. The molecule has 0 saturated heterocycles. The van der Waals surface area contributed by atoms with Crippen LogP contribution in [0.4, 0.5) is 11.4 Å². The van der Waals surface area contributed by atoms with E-state index in [9.17, 15) is 9.59 Å². The van der Waals surface area contributed by atoms with Crippen LogP contribution in [0, 0.1) is 13.8 Å². The van der Waals surface area contributed by atoms with Crippen LogP contribution in [-0.4, -0.2) is 49.4 Å². The Morgan fingerprint density at radius 2 is 1.57 bits per heavy atom. The summed E-state index contributed by atoms with van der Waals surface area (Å²) in [7, 11) is 0. The van der Waals surface area contributed by atoms with E-state index in [1.54, 1.807) is 24.3 Å². The molecule has 2 aromatic carbocycles. The molecule has 0 radical (unpaired) electrons. The molecule has 0 aliphatic carbocycles. The van der Waals surface area contributed by atoms with Crippen LogP contribution < -0.4 is 16.0 Å². The van der Waals surface area contributed by atoms with E-state index in [0.29, 0.717) is 17.8 Å². The largest absolute Gasteiger partial charge is 0.376 e. The topological polar surface area (TPSA) is 73.5 Å². The number of rotatable bonds is 11. The van der Waals surface area contributed by atoms with Crippen molar-refractivity contribution < 1.29 is 9.59 Å². The predicted octanol–water partition coefficient (Wildman–Crippen LogP) is 3.82. The van der Waals surface area contributed by atoms with E-state index in [4.69, 9.17) is 0 Å². The van der Waals surface area contributed by atoms with Crippen LogP contribution in [0.25, 0.3) is 0 Å². The van der Waals surface area contributed by atoms with Gasteiger partial charge < -0.3 is 20.9 Å². The summed E-state index contributed by atoms with van der Waals surface area (Å²) in [6, 6.07) is 13.0. The number of benzene rings is 2. The zero-order valence-electron chi connectivity index (χ0n) is 18.5. The number of nitrogens with zero attached hydrogens (tertiary/aromatic N) is 1. The second kappa shape index (κ2) is 12.0. The summed E-state index contributed by atoms with van der Waals surface area (Å²) in [5, 5.41) is 8.92. The molecule has 2 aromatic rings. The summed E-state index contributed by atoms with van der Waals surface area (Å²) >= 11 is 0. The van der Waals surface area contributed by atoms with Crippen molar-refractivity contribution in [3.8, 4) is 0 Å². The van der Waals surface area contributed by atoms with Gasteiger partial charge in [0, 0.05) is 23.5 Å². The van der Waals surface area contributed by atoms with E-state index in [-0.39, 0.29) is 18.4 Å². The lowest BCUT2D eigenvalue weighted by Crippen LogP contribution is -2.29. The molecule has 0 spiro atoms. The van der Waals surface area contributed by atoms with E-state index in [1.807, 2.05) is 25.1 Å². The average molecular weight is 411 g/mol. The number of anilines is 2. The van der Waals surface area contributed by atoms with Crippen LogP contribution in [-0.2, 0) is 4.79 Å². The van der Waals surface area contributed by atoms with Crippen LogP contribution in [0.1, 0.15) is 41.8 Å². The van der Waals surface area contributed by atoms with Gasteiger partial charge in [-0.2, -0.15) is 0 Å². The average Bonchev–Trinajstić information content (AvgIpc) is 2.75. The van der Waals surface area contributed by atoms with Crippen molar-refractivity contribution in [1.29, 1.82) is 0 Å². The third-order valence-electron chi connectivity index (χ3n) is 5.22. The lowest BCUT2D eigenvalue weighted by molar-refractivity contribution is -0.114. The minimum Gasteiger partial charge on any atom is -0.376 e. The molecule has 162 valence electrons. The number of amides is 2. The molecule has 0 unspecified atom stereocenters. The third kappa shape index (κ3) is 7.52. The fraction of sp³-hybridized carbons (Fsp3) is 0.417. The number of hydrogen-bond acceptors (Lipinski definition) is 4. The molecular formula is C24H34N4O2. The monoisotopic (exact) mass is 410 g/mol. The van der Waals surface area contributed by atoms with E-state index >= 15 is 0 Å². The molecule has 0 fully saturated rings. The highest BCUT2D eigenvalue weighted by atomic mass is 16.2. The van der Waals surface area contributed by atoms with Crippen molar-refractivity contribution in [2.24, 2.45) is 0 Å². The zero-order chi connectivity index (χ0) is 21.9. The Bertz CT molecular complexity index is 830. The van der Waals surface area contributed by atoms with Crippen molar-refractivity contribution in [3.05, 3.63) is 59.2 Å². The highest BCUT2D eigenvalue weighted by Gasteiger charge is 2.07.